The van der Waals surface area contributed by atoms with Gasteiger partial charge in [0.15, 0.2) is 5.76 Å². The van der Waals surface area contributed by atoms with Gasteiger partial charge in [0.2, 0.25) is 10.0 Å². The van der Waals surface area contributed by atoms with Crippen molar-refractivity contribution in [2.24, 2.45) is 0 Å². The molecule has 0 aliphatic heterocycles. The van der Waals surface area contributed by atoms with E-state index in [-0.39, 0.29) is 33.3 Å². The Balaban J connectivity index is 1.90. The van der Waals surface area contributed by atoms with E-state index in [0.717, 1.165) is 0 Å². The van der Waals surface area contributed by atoms with Crippen molar-refractivity contribution in [3.05, 3.63) is 71.1 Å². The van der Waals surface area contributed by atoms with Crippen LogP contribution in [0.15, 0.2) is 64.1 Å². The number of halogens is 1. The fourth-order valence-corrected chi connectivity index (χ4v) is 3.74. The number of amides is 2. The molecule has 0 saturated heterocycles. The third kappa shape index (κ3) is 5.05. The molecule has 0 aliphatic rings. The van der Waals surface area contributed by atoms with E-state index in [1.54, 1.807) is 6.07 Å². The van der Waals surface area contributed by atoms with E-state index in [1.165, 1.54) is 62.9 Å². The maximum atomic E-state index is 12.8. The molecule has 0 fully saturated rings. The van der Waals surface area contributed by atoms with Gasteiger partial charge in [-0.25, -0.2) is 13.1 Å². The molecule has 3 rings (SSSR count). The minimum absolute atomic E-state index is 0.0629. The predicted octanol–water partition coefficient (Wildman–Crippen LogP) is 3.35. The lowest BCUT2D eigenvalue weighted by Crippen LogP contribution is -2.21. The van der Waals surface area contributed by atoms with Crippen LogP contribution in [0.3, 0.4) is 0 Å². The number of hydrogen-bond acceptors (Lipinski definition) is 6. The second kappa shape index (κ2) is 9.21. The Morgan fingerprint density at radius 2 is 1.74 bits per heavy atom. The summed E-state index contributed by atoms with van der Waals surface area (Å²) in [6, 6.07) is 11.5. The number of carbonyl (C=O) groups is 2. The molecule has 0 bridgehead atoms. The van der Waals surface area contributed by atoms with Crippen molar-refractivity contribution in [1.82, 2.24) is 4.72 Å². The number of rotatable bonds is 7. The highest BCUT2D eigenvalue weighted by atomic mass is 35.5. The molecule has 0 radical (unpaired) electrons. The summed E-state index contributed by atoms with van der Waals surface area (Å²) in [5, 5.41) is 5.59. The summed E-state index contributed by atoms with van der Waals surface area (Å²) in [7, 11) is -1.29. The number of carbonyl (C=O) groups excluding carboxylic acids is 2. The molecular formula is C20H18ClN3O6S. The summed E-state index contributed by atoms with van der Waals surface area (Å²) in [6.45, 7) is 0. The molecule has 2 aromatic carbocycles. The number of hydrogen-bond donors (Lipinski definition) is 3. The van der Waals surface area contributed by atoms with Crippen molar-refractivity contribution in [1.29, 1.82) is 0 Å². The number of methoxy groups -OCH3 is 1. The summed E-state index contributed by atoms with van der Waals surface area (Å²) >= 11 is 6.02. The van der Waals surface area contributed by atoms with E-state index in [4.69, 9.17) is 20.8 Å². The maximum absolute atomic E-state index is 12.8. The quantitative estimate of drug-likeness (QED) is 0.493. The summed E-state index contributed by atoms with van der Waals surface area (Å²) in [6.07, 6.45) is 1.36. The largest absolute Gasteiger partial charge is 0.495 e. The Kier molecular flexibility index (Phi) is 6.64. The van der Waals surface area contributed by atoms with Crippen molar-refractivity contribution in [2.45, 2.75) is 4.90 Å². The highest BCUT2D eigenvalue weighted by molar-refractivity contribution is 7.89. The second-order valence-corrected chi connectivity index (χ2v) is 8.44. The molecule has 3 aromatic rings. The van der Waals surface area contributed by atoms with E-state index in [1.807, 2.05) is 0 Å². The van der Waals surface area contributed by atoms with Crippen molar-refractivity contribution in [3.8, 4) is 5.75 Å². The van der Waals surface area contributed by atoms with Crippen LogP contribution in [0.25, 0.3) is 0 Å². The number of ether oxygens (including phenoxy) is 1. The van der Waals surface area contributed by atoms with Gasteiger partial charge in [0.05, 0.1) is 24.7 Å². The van der Waals surface area contributed by atoms with Crippen molar-refractivity contribution >= 4 is 44.8 Å². The first kappa shape index (κ1) is 22.3. The molecule has 0 aliphatic carbocycles. The normalized spacial score (nSPS) is 11.1. The standard InChI is InChI=1S/C20H18ClN3O6S/c1-22-31(27,28)18-10-12(5-8-16(18)29-2)19(25)23-14-7-6-13(21)11-15(14)24-20(26)17-4-3-9-30-17/h3-11,22H,1-2H3,(H,23,25)(H,24,26). The lowest BCUT2D eigenvalue weighted by Gasteiger charge is -2.14. The zero-order chi connectivity index (χ0) is 22.6. The Morgan fingerprint density at radius 1 is 1.00 bits per heavy atom. The van der Waals surface area contributed by atoms with Gasteiger partial charge in [-0.3, -0.25) is 9.59 Å². The molecule has 0 saturated carbocycles. The van der Waals surface area contributed by atoms with Crippen LogP contribution in [0.1, 0.15) is 20.9 Å². The Bertz CT molecular complexity index is 1230. The van der Waals surface area contributed by atoms with Crippen LogP contribution in [0, 0.1) is 0 Å². The zero-order valence-corrected chi connectivity index (χ0v) is 18.0. The Hall–Kier alpha value is -3.34. The fourth-order valence-electron chi connectivity index (χ4n) is 2.65. The lowest BCUT2D eigenvalue weighted by atomic mass is 10.2. The van der Waals surface area contributed by atoms with Crippen molar-refractivity contribution < 1.29 is 27.2 Å². The third-order valence-electron chi connectivity index (χ3n) is 4.21. The molecule has 162 valence electrons. The second-order valence-electron chi connectivity index (χ2n) is 6.15. The van der Waals surface area contributed by atoms with Gasteiger partial charge in [-0.2, -0.15) is 0 Å². The molecule has 9 nitrogen and oxygen atoms in total. The summed E-state index contributed by atoms with van der Waals surface area (Å²) in [5.41, 5.74) is 0.551. The minimum Gasteiger partial charge on any atom is -0.495 e. The van der Waals surface area contributed by atoms with Gasteiger partial charge in [0, 0.05) is 10.6 Å². The molecule has 3 N–H and O–H groups in total. The van der Waals surface area contributed by atoms with Gasteiger partial charge >= 0.3 is 0 Å². The number of anilines is 2. The molecular weight excluding hydrogens is 446 g/mol. The first-order valence-electron chi connectivity index (χ1n) is 8.82. The number of nitrogens with one attached hydrogen (secondary N) is 3. The van der Waals surface area contributed by atoms with Crippen molar-refractivity contribution in [2.75, 3.05) is 24.8 Å². The third-order valence-corrected chi connectivity index (χ3v) is 5.88. The van der Waals surface area contributed by atoms with Gasteiger partial charge < -0.3 is 19.8 Å². The first-order chi connectivity index (χ1) is 14.7. The molecule has 31 heavy (non-hydrogen) atoms. The molecule has 1 aromatic heterocycles. The number of benzene rings is 2. The zero-order valence-electron chi connectivity index (χ0n) is 16.4. The molecule has 0 unspecified atom stereocenters. The van der Waals surface area contributed by atoms with Crippen LogP contribution >= 0.6 is 11.6 Å². The van der Waals surface area contributed by atoms with E-state index < -0.39 is 21.8 Å². The van der Waals surface area contributed by atoms with Gasteiger partial charge in [0.1, 0.15) is 10.6 Å². The molecule has 0 spiro atoms. The van der Waals surface area contributed by atoms with Crippen LogP contribution in [0.4, 0.5) is 11.4 Å². The highest BCUT2D eigenvalue weighted by Gasteiger charge is 2.21. The molecule has 2 amide bonds. The Labute approximate surface area is 183 Å². The summed E-state index contributed by atoms with van der Waals surface area (Å²) in [5.74, 6) is -0.973. The predicted molar refractivity (Wildman–Crippen MR) is 115 cm³/mol. The average molecular weight is 464 g/mol. The number of furan rings is 1. The smallest absolute Gasteiger partial charge is 0.291 e. The molecule has 11 heteroatoms. The number of sulfonamides is 1. The van der Waals surface area contributed by atoms with E-state index >= 15 is 0 Å². The van der Waals surface area contributed by atoms with Crippen molar-refractivity contribution in [3.63, 3.8) is 0 Å². The lowest BCUT2D eigenvalue weighted by molar-refractivity contribution is 0.0993. The monoisotopic (exact) mass is 463 g/mol. The average Bonchev–Trinajstić information content (AvgIpc) is 3.30. The van der Waals surface area contributed by atoms with Crippen LogP contribution in [0.5, 0.6) is 5.75 Å². The maximum Gasteiger partial charge on any atom is 0.291 e. The fraction of sp³-hybridized carbons (Fsp3) is 0.100. The van der Waals surface area contributed by atoms with E-state index in [0.29, 0.717) is 5.02 Å². The van der Waals surface area contributed by atoms with E-state index in [9.17, 15) is 18.0 Å². The topological polar surface area (TPSA) is 127 Å². The van der Waals surface area contributed by atoms with Gasteiger partial charge in [-0.05, 0) is 55.6 Å². The van der Waals surface area contributed by atoms with Gasteiger partial charge in [0.25, 0.3) is 11.8 Å². The Morgan fingerprint density at radius 3 is 2.39 bits per heavy atom. The molecule has 1 heterocycles. The SMILES string of the molecule is CNS(=O)(=O)c1cc(C(=O)Nc2ccc(Cl)cc2NC(=O)c2ccco2)ccc1OC. The van der Waals surface area contributed by atoms with Crippen LogP contribution < -0.4 is 20.1 Å². The molecule has 0 atom stereocenters. The van der Waals surface area contributed by atoms with Crippen LogP contribution in [0.2, 0.25) is 5.02 Å². The van der Waals surface area contributed by atoms with E-state index in [2.05, 4.69) is 15.4 Å². The highest BCUT2D eigenvalue weighted by Crippen LogP contribution is 2.29. The van der Waals surface area contributed by atoms with Crippen LogP contribution in [-0.4, -0.2) is 34.4 Å². The van der Waals surface area contributed by atoms with Gasteiger partial charge in [-0.15, -0.1) is 0 Å². The van der Waals surface area contributed by atoms with Gasteiger partial charge in [-0.1, -0.05) is 11.6 Å². The summed E-state index contributed by atoms with van der Waals surface area (Å²) < 4.78 is 36.8. The van der Waals surface area contributed by atoms with Crippen LogP contribution in [-0.2, 0) is 10.0 Å². The first-order valence-corrected chi connectivity index (χ1v) is 10.7. The minimum atomic E-state index is -3.86. The summed E-state index contributed by atoms with van der Waals surface area (Å²) in [4.78, 5) is 24.9.